The van der Waals surface area contributed by atoms with E-state index in [1.807, 2.05) is 0 Å². The van der Waals surface area contributed by atoms with Crippen LogP contribution in [-0.4, -0.2) is 21.4 Å². The number of hydrazone groups is 1. The fourth-order valence-corrected chi connectivity index (χ4v) is 2.29. The summed E-state index contributed by atoms with van der Waals surface area (Å²) in [7, 11) is 0. The molecule has 2 aromatic rings. The standard InChI is InChI=1S/C14H12F2N4O3/c1-17-19-10-5-20-11(10)4-12(18-14(20)22)23-6-7-2-8(15)13(21)9(16)3-7/h2-4,10,19,21H,1,5-6H2. The van der Waals surface area contributed by atoms with Crippen LogP contribution in [0.3, 0.4) is 0 Å². The first-order chi connectivity index (χ1) is 11.0. The zero-order valence-corrected chi connectivity index (χ0v) is 11.8. The molecule has 0 fully saturated rings. The van der Waals surface area contributed by atoms with Gasteiger partial charge in [-0.05, 0) is 17.7 Å². The molecule has 9 heteroatoms. The number of nitrogens with one attached hydrogen (secondary N) is 1. The molecule has 0 saturated heterocycles. The minimum absolute atomic E-state index is 0.0331. The van der Waals surface area contributed by atoms with Gasteiger partial charge < -0.3 is 9.84 Å². The third kappa shape index (κ3) is 2.72. The van der Waals surface area contributed by atoms with Crippen LogP contribution in [0, 0.1) is 11.6 Å². The molecule has 2 N–H and O–H groups in total. The summed E-state index contributed by atoms with van der Waals surface area (Å²) in [4.78, 5) is 15.5. The fourth-order valence-electron chi connectivity index (χ4n) is 2.29. The summed E-state index contributed by atoms with van der Waals surface area (Å²) in [6, 6.07) is 3.27. The summed E-state index contributed by atoms with van der Waals surface area (Å²) in [6.07, 6.45) is 0. The molecule has 0 radical (unpaired) electrons. The molecular weight excluding hydrogens is 310 g/mol. The average molecular weight is 322 g/mol. The maximum absolute atomic E-state index is 13.3. The van der Waals surface area contributed by atoms with Crippen molar-refractivity contribution >= 4 is 6.72 Å². The van der Waals surface area contributed by atoms with Crippen LogP contribution < -0.4 is 15.9 Å². The molecule has 1 aliphatic rings. The molecule has 3 rings (SSSR count). The van der Waals surface area contributed by atoms with E-state index >= 15 is 0 Å². The van der Waals surface area contributed by atoms with E-state index in [9.17, 15) is 13.6 Å². The van der Waals surface area contributed by atoms with Crippen LogP contribution >= 0.6 is 0 Å². The summed E-state index contributed by atoms with van der Waals surface area (Å²) < 4.78 is 33.3. The van der Waals surface area contributed by atoms with E-state index in [1.54, 1.807) is 6.07 Å². The van der Waals surface area contributed by atoms with Crippen molar-refractivity contribution < 1.29 is 18.6 Å². The Balaban J connectivity index is 1.78. The SMILES string of the molecule is C=NNC1Cn2c1cc(OCc1cc(F)c(O)c(F)c1)nc2=O. The summed E-state index contributed by atoms with van der Waals surface area (Å²) in [6.45, 7) is 3.53. The normalized spacial score (nSPS) is 15.5. The third-order valence-corrected chi connectivity index (χ3v) is 3.45. The number of fused-ring (bicyclic) bond motifs is 1. The maximum atomic E-state index is 13.3. The van der Waals surface area contributed by atoms with E-state index in [0.717, 1.165) is 12.1 Å². The fraction of sp³-hybridized carbons (Fsp3) is 0.214. The molecule has 1 aromatic heterocycles. The Bertz CT molecular complexity index is 814. The van der Waals surface area contributed by atoms with Crippen molar-refractivity contribution in [1.82, 2.24) is 15.0 Å². The van der Waals surface area contributed by atoms with E-state index < -0.39 is 23.1 Å². The molecule has 0 spiro atoms. The molecule has 7 nitrogen and oxygen atoms in total. The van der Waals surface area contributed by atoms with Crippen LogP contribution in [0.25, 0.3) is 0 Å². The Morgan fingerprint density at radius 2 is 2.13 bits per heavy atom. The first kappa shape index (κ1) is 14.9. The predicted octanol–water partition coefficient (Wildman–Crippen LogP) is 1.07. The van der Waals surface area contributed by atoms with Crippen molar-refractivity contribution in [3.8, 4) is 11.6 Å². The van der Waals surface area contributed by atoms with Gasteiger partial charge in [-0.25, -0.2) is 13.6 Å². The van der Waals surface area contributed by atoms with Crippen molar-refractivity contribution in [3.63, 3.8) is 0 Å². The molecule has 2 heterocycles. The van der Waals surface area contributed by atoms with Gasteiger partial charge in [0.15, 0.2) is 17.4 Å². The van der Waals surface area contributed by atoms with Gasteiger partial charge in [0.05, 0.1) is 12.2 Å². The van der Waals surface area contributed by atoms with Gasteiger partial charge in [-0.3, -0.25) is 9.99 Å². The molecule has 0 aliphatic carbocycles. The van der Waals surface area contributed by atoms with E-state index in [1.165, 1.54) is 4.57 Å². The third-order valence-electron chi connectivity index (χ3n) is 3.45. The molecule has 1 aromatic carbocycles. The largest absolute Gasteiger partial charge is 0.503 e. The lowest BCUT2D eigenvalue weighted by Crippen LogP contribution is -2.42. The first-order valence-electron chi connectivity index (χ1n) is 6.62. The van der Waals surface area contributed by atoms with Crippen LogP contribution in [0.4, 0.5) is 8.78 Å². The second-order valence-electron chi connectivity index (χ2n) is 4.95. The van der Waals surface area contributed by atoms with Gasteiger partial charge in [-0.15, -0.1) is 0 Å². The van der Waals surface area contributed by atoms with E-state index in [-0.39, 0.29) is 24.1 Å². The summed E-state index contributed by atoms with van der Waals surface area (Å²) in [5.41, 5.74) is 3.04. The molecule has 0 bridgehead atoms. The van der Waals surface area contributed by atoms with Crippen LogP contribution in [-0.2, 0) is 13.2 Å². The number of ether oxygens (including phenoxy) is 1. The van der Waals surface area contributed by atoms with Gasteiger partial charge in [0.2, 0.25) is 5.88 Å². The number of halogens is 2. The number of benzene rings is 1. The van der Waals surface area contributed by atoms with Gasteiger partial charge in [0.25, 0.3) is 0 Å². The minimum Gasteiger partial charge on any atom is -0.503 e. The first-order valence-corrected chi connectivity index (χ1v) is 6.62. The Morgan fingerprint density at radius 1 is 1.43 bits per heavy atom. The number of nitrogens with zero attached hydrogens (tertiary/aromatic N) is 3. The Kier molecular flexibility index (Phi) is 3.68. The van der Waals surface area contributed by atoms with Crippen molar-refractivity contribution in [2.45, 2.75) is 19.2 Å². The number of aromatic nitrogens is 2. The number of phenols is 1. The van der Waals surface area contributed by atoms with Gasteiger partial charge in [0, 0.05) is 12.8 Å². The summed E-state index contributed by atoms with van der Waals surface area (Å²) in [5.74, 6) is -3.19. The van der Waals surface area contributed by atoms with Crippen molar-refractivity contribution in [2.75, 3.05) is 0 Å². The van der Waals surface area contributed by atoms with Gasteiger partial charge >= 0.3 is 5.69 Å². The van der Waals surface area contributed by atoms with Crippen LogP contribution in [0.2, 0.25) is 0 Å². The zero-order chi connectivity index (χ0) is 16.6. The highest BCUT2D eigenvalue weighted by atomic mass is 19.1. The van der Waals surface area contributed by atoms with Crippen molar-refractivity contribution in [2.24, 2.45) is 5.10 Å². The molecule has 1 unspecified atom stereocenters. The van der Waals surface area contributed by atoms with Crippen LogP contribution in [0.5, 0.6) is 11.6 Å². The second kappa shape index (κ2) is 5.67. The molecule has 1 atom stereocenters. The van der Waals surface area contributed by atoms with E-state index in [0.29, 0.717) is 12.2 Å². The monoisotopic (exact) mass is 322 g/mol. The number of hydrogen-bond acceptors (Lipinski definition) is 6. The molecule has 23 heavy (non-hydrogen) atoms. The van der Waals surface area contributed by atoms with E-state index in [4.69, 9.17) is 9.84 Å². The Labute approximate surface area is 128 Å². The second-order valence-corrected chi connectivity index (χ2v) is 4.95. The average Bonchev–Trinajstić information content (AvgIpc) is 2.50. The van der Waals surface area contributed by atoms with Crippen molar-refractivity contribution in [3.05, 3.63) is 51.6 Å². The maximum Gasteiger partial charge on any atom is 0.351 e. The lowest BCUT2D eigenvalue weighted by molar-refractivity contribution is 0.277. The molecule has 1 aliphatic heterocycles. The summed E-state index contributed by atoms with van der Waals surface area (Å²) >= 11 is 0. The lowest BCUT2D eigenvalue weighted by atomic mass is 10.1. The lowest BCUT2D eigenvalue weighted by Gasteiger charge is -2.30. The highest BCUT2D eigenvalue weighted by molar-refractivity contribution is 5.30. The van der Waals surface area contributed by atoms with Gasteiger partial charge in [-0.1, -0.05) is 0 Å². The quantitative estimate of drug-likeness (QED) is 0.635. The smallest absolute Gasteiger partial charge is 0.351 e. The van der Waals surface area contributed by atoms with Crippen LogP contribution in [0.15, 0.2) is 28.1 Å². The molecule has 0 amide bonds. The predicted molar refractivity (Wildman–Crippen MR) is 76.3 cm³/mol. The molecule has 0 saturated carbocycles. The van der Waals surface area contributed by atoms with E-state index in [2.05, 4.69) is 22.2 Å². The highest BCUT2D eigenvalue weighted by Crippen LogP contribution is 2.26. The van der Waals surface area contributed by atoms with Crippen molar-refractivity contribution in [1.29, 1.82) is 0 Å². The van der Waals surface area contributed by atoms with Gasteiger partial charge in [-0.2, -0.15) is 10.1 Å². The number of aromatic hydroxyl groups is 1. The Morgan fingerprint density at radius 3 is 2.78 bits per heavy atom. The number of phenolic OH excluding ortho intramolecular Hbond substituents is 1. The Hall–Kier alpha value is -2.97. The topological polar surface area (TPSA) is 88.7 Å². The van der Waals surface area contributed by atoms with Crippen LogP contribution in [0.1, 0.15) is 17.3 Å². The number of rotatable bonds is 5. The zero-order valence-electron chi connectivity index (χ0n) is 11.8. The highest BCUT2D eigenvalue weighted by Gasteiger charge is 2.28. The summed E-state index contributed by atoms with van der Waals surface area (Å²) in [5, 5.41) is 12.6. The number of hydrogen-bond donors (Lipinski definition) is 2. The molecular formula is C14H12F2N4O3. The molecule has 120 valence electrons. The van der Waals surface area contributed by atoms with Gasteiger partial charge in [0.1, 0.15) is 12.6 Å². The minimum atomic E-state index is -1.09.